The molecule has 0 radical (unpaired) electrons. The quantitative estimate of drug-likeness (QED) is 0.669. The molecule has 0 saturated heterocycles. The van der Waals surface area contributed by atoms with Gasteiger partial charge in [0.25, 0.3) is 10.0 Å². The van der Waals surface area contributed by atoms with E-state index in [0.29, 0.717) is 30.5 Å². The molecule has 0 aliphatic carbocycles. The molecule has 0 saturated carbocycles. The van der Waals surface area contributed by atoms with E-state index in [1.807, 2.05) is 12.3 Å². The van der Waals surface area contributed by atoms with E-state index in [0.717, 1.165) is 18.5 Å². The lowest BCUT2D eigenvalue weighted by atomic mass is 10.3. The maximum absolute atomic E-state index is 12.5. The van der Waals surface area contributed by atoms with E-state index >= 15 is 0 Å². The minimum absolute atomic E-state index is 0.386. The fraction of sp³-hybridized carbons (Fsp3) is 0.692. The van der Waals surface area contributed by atoms with Crippen molar-refractivity contribution in [3.8, 4) is 0 Å². The molecule has 0 bridgehead atoms. The van der Waals surface area contributed by atoms with E-state index in [9.17, 15) is 8.42 Å². The summed E-state index contributed by atoms with van der Waals surface area (Å²) < 4.78 is 31.8. The van der Waals surface area contributed by atoms with E-state index in [1.54, 1.807) is 13.2 Å². The Morgan fingerprint density at radius 1 is 1.40 bits per heavy atom. The Morgan fingerprint density at radius 2 is 2.15 bits per heavy atom. The number of nitrogens with zero attached hydrogens (tertiary/aromatic N) is 1. The van der Waals surface area contributed by atoms with E-state index in [2.05, 4.69) is 12.2 Å². The van der Waals surface area contributed by atoms with Crippen molar-refractivity contribution >= 4 is 21.4 Å². The standard InChI is InChI=1S/C13H24N2O3S2/c1-4-6-14-10-12-9-13(19-11-12)20(16,17)15(5-2)7-8-18-3/h9,11,14H,4-8,10H2,1-3H3. The van der Waals surface area contributed by atoms with Gasteiger partial charge >= 0.3 is 0 Å². The number of nitrogens with one attached hydrogen (secondary N) is 1. The summed E-state index contributed by atoms with van der Waals surface area (Å²) in [6.07, 6.45) is 1.07. The van der Waals surface area contributed by atoms with Gasteiger partial charge in [0.2, 0.25) is 0 Å². The third-order valence-electron chi connectivity index (χ3n) is 2.88. The van der Waals surface area contributed by atoms with Gasteiger partial charge in [-0.2, -0.15) is 4.31 Å². The molecule has 20 heavy (non-hydrogen) atoms. The highest BCUT2D eigenvalue weighted by Gasteiger charge is 2.24. The summed E-state index contributed by atoms with van der Waals surface area (Å²) in [5, 5.41) is 5.17. The van der Waals surface area contributed by atoms with Gasteiger partial charge in [-0.05, 0) is 30.0 Å². The SMILES string of the molecule is CCCNCc1csc(S(=O)(=O)N(CC)CCOC)c1. The van der Waals surface area contributed by atoms with Crippen LogP contribution in [-0.4, -0.2) is 46.1 Å². The molecule has 0 fully saturated rings. The van der Waals surface area contributed by atoms with E-state index < -0.39 is 10.0 Å². The van der Waals surface area contributed by atoms with Crippen molar-refractivity contribution in [1.29, 1.82) is 0 Å². The first-order valence-electron chi connectivity index (χ1n) is 6.83. The van der Waals surface area contributed by atoms with Gasteiger partial charge in [0.15, 0.2) is 0 Å². The molecule has 1 aromatic rings. The molecule has 1 aromatic heterocycles. The molecule has 0 aromatic carbocycles. The number of hydrogen-bond donors (Lipinski definition) is 1. The molecular weight excluding hydrogens is 296 g/mol. The van der Waals surface area contributed by atoms with E-state index in [4.69, 9.17) is 4.74 Å². The Labute approximate surface area is 126 Å². The molecule has 0 amide bonds. The predicted molar refractivity (Wildman–Crippen MR) is 82.6 cm³/mol. The van der Waals surface area contributed by atoms with Crippen molar-refractivity contribution in [2.24, 2.45) is 0 Å². The highest BCUT2D eigenvalue weighted by Crippen LogP contribution is 2.23. The van der Waals surface area contributed by atoms with Gasteiger partial charge in [0, 0.05) is 26.7 Å². The highest BCUT2D eigenvalue weighted by atomic mass is 32.2. The normalized spacial score (nSPS) is 12.2. The van der Waals surface area contributed by atoms with Crippen molar-refractivity contribution in [1.82, 2.24) is 9.62 Å². The molecule has 5 nitrogen and oxygen atoms in total. The van der Waals surface area contributed by atoms with E-state index in [1.165, 1.54) is 15.6 Å². The molecule has 0 aliphatic heterocycles. The van der Waals surface area contributed by atoms with Crippen LogP contribution in [0.2, 0.25) is 0 Å². The lowest BCUT2D eigenvalue weighted by Gasteiger charge is -2.18. The minimum Gasteiger partial charge on any atom is -0.383 e. The fourth-order valence-electron chi connectivity index (χ4n) is 1.76. The average Bonchev–Trinajstić information content (AvgIpc) is 2.89. The zero-order chi connectivity index (χ0) is 15.0. The summed E-state index contributed by atoms with van der Waals surface area (Å²) in [5.74, 6) is 0. The number of hydrogen-bond acceptors (Lipinski definition) is 5. The molecule has 1 N–H and O–H groups in total. The molecule has 7 heteroatoms. The summed E-state index contributed by atoms with van der Waals surface area (Å²) in [7, 11) is -1.82. The second kappa shape index (κ2) is 8.74. The summed E-state index contributed by atoms with van der Waals surface area (Å²) >= 11 is 1.28. The number of rotatable bonds is 10. The van der Waals surface area contributed by atoms with Gasteiger partial charge in [-0.1, -0.05) is 13.8 Å². The fourth-order valence-corrected chi connectivity index (χ4v) is 4.55. The molecule has 1 heterocycles. The molecule has 0 atom stereocenters. The Morgan fingerprint density at radius 3 is 2.75 bits per heavy atom. The lowest BCUT2D eigenvalue weighted by Crippen LogP contribution is -2.33. The number of ether oxygens (including phenoxy) is 1. The van der Waals surface area contributed by atoms with Crippen LogP contribution in [0.5, 0.6) is 0 Å². The number of sulfonamides is 1. The van der Waals surface area contributed by atoms with Gasteiger partial charge in [-0.15, -0.1) is 11.3 Å². The van der Waals surface area contributed by atoms with Gasteiger partial charge < -0.3 is 10.1 Å². The molecule has 0 aliphatic rings. The number of likely N-dealkylation sites (N-methyl/N-ethyl adjacent to an activating group) is 1. The smallest absolute Gasteiger partial charge is 0.252 e. The number of methoxy groups -OCH3 is 1. The molecule has 1 rings (SSSR count). The Balaban J connectivity index is 2.75. The van der Waals surface area contributed by atoms with Crippen LogP contribution < -0.4 is 5.32 Å². The predicted octanol–water partition coefficient (Wildman–Crippen LogP) is 1.90. The third kappa shape index (κ3) is 4.82. The number of thiophene rings is 1. The van der Waals surface area contributed by atoms with Crippen LogP contribution in [-0.2, 0) is 21.3 Å². The summed E-state index contributed by atoms with van der Waals surface area (Å²) in [6, 6.07) is 1.76. The van der Waals surface area contributed by atoms with Crippen LogP contribution in [0, 0.1) is 0 Å². The third-order valence-corrected chi connectivity index (χ3v) is 6.32. The molecular formula is C13H24N2O3S2. The second-order valence-electron chi connectivity index (χ2n) is 4.44. The van der Waals surface area contributed by atoms with Crippen molar-refractivity contribution in [3.63, 3.8) is 0 Å². The minimum atomic E-state index is -3.39. The first-order valence-corrected chi connectivity index (χ1v) is 9.15. The second-order valence-corrected chi connectivity index (χ2v) is 7.52. The van der Waals surface area contributed by atoms with Gasteiger partial charge in [0.05, 0.1) is 6.61 Å². The Kier molecular flexibility index (Phi) is 7.68. The summed E-state index contributed by atoms with van der Waals surface area (Å²) in [5.41, 5.74) is 1.02. The van der Waals surface area contributed by atoms with Gasteiger partial charge in [-0.25, -0.2) is 8.42 Å². The van der Waals surface area contributed by atoms with Crippen LogP contribution in [0.25, 0.3) is 0 Å². The first kappa shape index (κ1) is 17.6. The topological polar surface area (TPSA) is 58.6 Å². The molecule has 0 unspecified atom stereocenters. The van der Waals surface area contributed by atoms with Crippen LogP contribution in [0.4, 0.5) is 0 Å². The summed E-state index contributed by atoms with van der Waals surface area (Å²) in [6.45, 7) is 6.83. The van der Waals surface area contributed by atoms with Gasteiger partial charge in [-0.3, -0.25) is 0 Å². The molecule has 116 valence electrons. The van der Waals surface area contributed by atoms with Crippen molar-refractivity contribution < 1.29 is 13.2 Å². The summed E-state index contributed by atoms with van der Waals surface area (Å²) in [4.78, 5) is 0. The van der Waals surface area contributed by atoms with Crippen LogP contribution in [0.1, 0.15) is 25.8 Å². The first-order chi connectivity index (χ1) is 9.56. The zero-order valence-corrected chi connectivity index (χ0v) is 14.0. The van der Waals surface area contributed by atoms with Crippen LogP contribution in [0.3, 0.4) is 0 Å². The Hall–Kier alpha value is -0.470. The van der Waals surface area contributed by atoms with Crippen molar-refractivity contribution in [2.75, 3.05) is 33.4 Å². The average molecular weight is 320 g/mol. The Bertz CT molecular complexity index is 486. The molecule has 0 spiro atoms. The zero-order valence-electron chi connectivity index (χ0n) is 12.4. The van der Waals surface area contributed by atoms with Crippen LogP contribution >= 0.6 is 11.3 Å². The lowest BCUT2D eigenvalue weighted by molar-refractivity contribution is 0.180. The van der Waals surface area contributed by atoms with Crippen molar-refractivity contribution in [3.05, 3.63) is 17.0 Å². The largest absolute Gasteiger partial charge is 0.383 e. The highest BCUT2D eigenvalue weighted by molar-refractivity contribution is 7.91. The monoisotopic (exact) mass is 320 g/mol. The maximum Gasteiger partial charge on any atom is 0.252 e. The maximum atomic E-state index is 12.5. The van der Waals surface area contributed by atoms with E-state index in [-0.39, 0.29) is 0 Å². The van der Waals surface area contributed by atoms with Crippen molar-refractivity contribution in [2.45, 2.75) is 31.0 Å². The van der Waals surface area contributed by atoms with Gasteiger partial charge in [0.1, 0.15) is 4.21 Å². The van der Waals surface area contributed by atoms with Crippen LogP contribution in [0.15, 0.2) is 15.7 Å².